The van der Waals surface area contributed by atoms with Crippen LogP contribution >= 0.6 is 0 Å². The summed E-state index contributed by atoms with van der Waals surface area (Å²) in [6.45, 7) is 1.73. The molecule has 0 aromatic carbocycles. The van der Waals surface area contributed by atoms with Crippen LogP contribution in [0.5, 0.6) is 0 Å². The van der Waals surface area contributed by atoms with Crippen molar-refractivity contribution in [3.05, 3.63) is 22.0 Å². The van der Waals surface area contributed by atoms with Crippen LogP contribution in [-0.2, 0) is 7.05 Å². The summed E-state index contributed by atoms with van der Waals surface area (Å²) in [7, 11) is 1.75. The summed E-state index contributed by atoms with van der Waals surface area (Å²) in [5.74, 6) is 0.225. The van der Waals surface area contributed by atoms with Gasteiger partial charge in [0.2, 0.25) is 0 Å². The van der Waals surface area contributed by atoms with Crippen LogP contribution in [0.4, 0.5) is 5.69 Å². The Labute approximate surface area is 81.1 Å². The highest BCUT2D eigenvalue weighted by Gasteiger charge is 2.28. The van der Waals surface area contributed by atoms with E-state index in [1.54, 1.807) is 11.7 Å². The Hall–Kier alpha value is -1.43. The van der Waals surface area contributed by atoms with Crippen LogP contribution < -0.4 is 5.32 Å². The van der Waals surface area contributed by atoms with Crippen molar-refractivity contribution < 1.29 is 4.92 Å². The lowest BCUT2D eigenvalue weighted by Gasteiger charge is -2.07. The summed E-state index contributed by atoms with van der Waals surface area (Å²) in [4.78, 5) is 10.4. The molecule has 6 nitrogen and oxygen atoms in total. The molecule has 14 heavy (non-hydrogen) atoms. The second-order valence-electron chi connectivity index (χ2n) is 3.49. The van der Waals surface area contributed by atoms with Crippen LogP contribution in [-0.4, -0.2) is 27.8 Å². The maximum atomic E-state index is 10.7. The zero-order chi connectivity index (χ0) is 10.1. The number of aryl methyl sites for hydroxylation is 1. The van der Waals surface area contributed by atoms with E-state index < -0.39 is 0 Å². The van der Waals surface area contributed by atoms with Gasteiger partial charge in [-0.15, -0.1) is 0 Å². The van der Waals surface area contributed by atoms with Gasteiger partial charge < -0.3 is 5.32 Å². The van der Waals surface area contributed by atoms with E-state index in [0.29, 0.717) is 0 Å². The zero-order valence-electron chi connectivity index (χ0n) is 7.93. The molecule has 0 aliphatic carbocycles. The second-order valence-corrected chi connectivity index (χ2v) is 3.49. The molecule has 1 aromatic rings. The second kappa shape index (κ2) is 3.38. The molecule has 0 amide bonds. The van der Waals surface area contributed by atoms with Gasteiger partial charge in [0.1, 0.15) is 11.9 Å². The molecule has 1 fully saturated rings. The standard InChI is InChI=1S/C8H12N4O2/c1-11-8(6-2-3-9-4-6)7(5-10-11)12(13)14/h5-6,9H,2-4H2,1H3. The molecule has 2 heterocycles. The van der Waals surface area contributed by atoms with Crippen molar-refractivity contribution in [2.75, 3.05) is 13.1 Å². The number of hydrogen-bond acceptors (Lipinski definition) is 4. The maximum absolute atomic E-state index is 10.7. The van der Waals surface area contributed by atoms with Gasteiger partial charge >= 0.3 is 5.69 Å². The van der Waals surface area contributed by atoms with E-state index >= 15 is 0 Å². The van der Waals surface area contributed by atoms with Gasteiger partial charge in [-0.2, -0.15) is 5.10 Å². The van der Waals surface area contributed by atoms with E-state index in [2.05, 4.69) is 10.4 Å². The summed E-state index contributed by atoms with van der Waals surface area (Å²) in [5, 5.41) is 17.8. The molecule has 6 heteroatoms. The van der Waals surface area contributed by atoms with Gasteiger partial charge in [0.25, 0.3) is 0 Å². The molecule has 1 N–H and O–H groups in total. The van der Waals surface area contributed by atoms with Crippen LogP contribution in [0.25, 0.3) is 0 Å². The Morgan fingerprint density at radius 3 is 3.14 bits per heavy atom. The largest absolute Gasteiger partial charge is 0.316 e. The lowest BCUT2D eigenvalue weighted by Crippen LogP contribution is -2.12. The molecule has 1 aliphatic heterocycles. The molecule has 2 rings (SSSR count). The Morgan fingerprint density at radius 2 is 2.57 bits per heavy atom. The van der Waals surface area contributed by atoms with Crippen LogP contribution in [0.15, 0.2) is 6.20 Å². The minimum atomic E-state index is -0.360. The number of nitrogens with zero attached hydrogens (tertiary/aromatic N) is 3. The smallest absolute Gasteiger partial charge is 0.310 e. The van der Waals surface area contributed by atoms with E-state index in [1.165, 1.54) is 6.20 Å². The van der Waals surface area contributed by atoms with Gasteiger partial charge in [-0.05, 0) is 13.0 Å². The van der Waals surface area contributed by atoms with Gasteiger partial charge in [-0.1, -0.05) is 0 Å². The Bertz CT molecular complexity index is 354. The summed E-state index contributed by atoms with van der Waals surface area (Å²) >= 11 is 0. The van der Waals surface area contributed by atoms with Crippen molar-refractivity contribution in [2.24, 2.45) is 7.05 Å². The van der Waals surface area contributed by atoms with Gasteiger partial charge in [0, 0.05) is 19.5 Å². The predicted octanol–water partition coefficient (Wildman–Crippen LogP) is 0.405. The molecule has 1 aliphatic rings. The average molecular weight is 196 g/mol. The van der Waals surface area contributed by atoms with Crippen LogP contribution in [0.1, 0.15) is 18.0 Å². The highest BCUT2D eigenvalue weighted by Crippen LogP contribution is 2.29. The summed E-state index contributed by atoms with van der Waals surface area (Å²) in [6, 6.07) is 0. The van der Waals surface area contributed by atoms with Crippen molar-refractivity contribution in [3.63, 3.8) is 0 Å². The summed E-state index contributed by atoms with van der Waals surface area (Å²) in [6.07, 6.45) is 2.27. The van der Waals surface area contributed by atoms with Crippen LogP contribution in [0, 0.1) is 10.1 Å². The molecular formula is C8H12N4O2. The van der Waals surface area contributed by atoms with Crippen molar-refractivity contribution in [3.8, 4) is 0 Å². The van der Waals surface area contributed by atoms with Gasteiger partial charge in [0.05, 0.1) is 4.92 Å². The minimum absolute atomic E-state index is 0.140. The first-order chi connectivity index (χ1) is 6.70. The van der Waals surface area contributed by atoms with E-state index in [1.807, 2.05) is 0 Å². The van der Waals surface area contributed by atoms with E-state index in [4.69, 9.17) is 0 Å². The van der Waals surface area contributed by atoms with Gasteiger partial charge in [-0.3, -0.25) is 14.8 Å². The highest BCUT2D eigenvalue weighted by molar-refractivity contribution is 5.36. The third-order valence-electron chi connectivity index (χ3n) is 2.61. The minimum Gasteiger partial charge on any atom is -0.316 e. The number of aromatic nitrogens is 2. The first-order valence-corrected chi connectivity index (χ1v) is 4.57. The molecular weight excluding hydrogens is 184 g/mol. The molecule has 1 atom stereocenters. The van der Waals surface area contributed by atoms with Crippen LogP contribution in [0.2, 0.25) is 0 Å². The van der Waals surface area contributed by atoms with Crippen molar-refractivity contribution in [2.45, 2.75) is 12.3 Å². The Balaban J connectivity index is 2.38. The van der Waals surface area contributed by atoms with Gasteiger partial charge in [-0.25, -0.2) is 0 Å². The third kappa shape index (κ3) is 1.37. The first-order valence-electron chi connectivity index (χ1n) is 4.57. The molecule has 0 saturated carbocycles. The third-order valence-corrected chi connectivity index (χ3v) is 2.61. The monoisotopic (exact) mass is 196 g/mol. The van der Waals surface area contributed by atoms with E-state index in [-0.39, 0.29) is 16.5 Å². The first kappa shape index (κ1) is 9.14. The molecule has 0 spiro atoms. The number of rotatable bonds is 2. The van der Waals surface area contributed by atoms with E-state index in [0.717, 1.165) is 25.2 Å². The number of hydrogen-bond donors (Lipinski definition) is 1. The molecule has 76 valence electrons. The molecule has 1 aromatic heterocycles. The van der Waals surface area contributed by atoms with E-state index in [9.17, 15) is 10.1 Å². The fourth-order valence-electron chi connectivity index (χ4n) is 1.94. The molecule has 0 radical (unpaired) electrons. The van der Waals surface area contributed by atoms with Crippen molar-refractivity contribution >= 4 is 5.69 Å². The summed E-state index contributed by atoms with van der Waals surface area (Å²) in [5.41, 5.74) is 0.876. The van der Waals surface area contributed by atoms with Gasteiger partial charge in [0.15, 0.2) is 0 Å². The van der Waals surface area contributed by atoms with Crippen molar-refractivity contribution in [1.82, 2.24) is 15.1 Å². The summed E-state index contributed by atoms with van der Waals surface area (Å²) < 4.78 is 1.61. The van der Waals surface area contributed by atoms with Crippen molar-refractivity contribution in [1.29, 1.82) is 0 Å². The quantitative estimate of drug-likeness (QED) is 0.549. The molecule has 1 saturated heterocycles. The van der Waals surface area contributed by atoms with Crippen LogP contribution in [0.3, 0.4) is 0 Å². The Morgan fingerprint density at radius 1 is 1.79 bits per heavy atom. The number of nitro groups is 1. The fraction of sp³-hybridized carbons (Fsp3) is 0.625. The highest BCUT2D eigenvalue weighted by atomic mass is 16.6. The SMILES string of the molecule is Cn1ncc([N+](=O)[O-])c1C1CCNC1. The average Bonchev–Trinajstić information content (AvgIpc) is 2.71. The molecule has 0 bridgehead atoms. The lowest BCUT2D eigenvalue weighted by molar-refractivity contribution is -0.385. The fourth-order valence-corrected chi connectivity index (χ4v) is 1.94. The lowest BCUT2D eigenvalue weighted by atomic mass is 10.0. The number of nitrogens with one attached hydrogen (secondary N) is 1. The maximum Gasteiger partial charge on any atom is 0.310 e. The zero-order valence-corrected chi connectivity index (χ0v) is 7.93. The predicted molar refractivity (Wildman–Crippen MR) is 50.1 cm³/mol. The topological polar surface area (TPSA) is 73.0 Å². The normalized spacial score (nSPS) is 21.4. The molecule has 1 unspecified atom stereocenters. The Kier molecular flexibility index (Phi) is 2.20.